The number of rotatable bonds is 10. The molecular weight excluding hydrogens is 602 g/mol. The van der Waals surface area contributed by atoms with E-state index in [0.29, 0.717) is 5.56 Å². The Morgan fingerprint density at radius 2 is 1.72 bits per heavy atom. The smallest absolute Gasteiger partial charge is 0.411 e. The first-order valence-corrected chi connectivity index (χ1v) is 14.9. The van der Waals surface area contributed by atoms with E-state index in [1.54, 1.807) is 57.3 Å². The quantitative estimate of drug-likeness (QED) is 0.205. The maximum atomic E-state index is 13.7. The lowest BCUT2D eigenvalue weighted by atomic mass is 9.85. The number of carbonyl (C=O) groups is 3. The number of para-hydroxylation sites is 1. The molecule has 0 spiro atoms. The van der Waals surface area contributed by atoms with E-state index in [1.165, 1.54) is 7.11 Å². The number of nitrogens with one attached hydrogen (secondary N) is 2. The molecule has 0 aliphatic rings. The third-order valence-corrected chi connectivity index (χ3v) is 7.84. The summed E-state index contributed by atoms with van der Waals surface area (Å²) >= 11 is 0. The molecule has 1 atom stereocenters. The van der Waals surface area contributed by atoms with E-state index >= 15 is 0 Å². The highest BCUT2D eigenvalue weighted by Crippen LogP contribution is 2.32. The van der Waals surface area contributed by atoms with Gasteiger partial charge in [0.1, 0.15) is 18.1 Å². The third-order valence-electron chi connectivity index (χ3n) is 7.84. The maximum Gasteiger partial charge on any atom is 0.411 e. The van der Waals surface area contributed by atoms with Gasteiger partial charge in [-0.05, 0) is 44.4 Å². The molecular formula is C34H35N7O6. The van der Waals surface area contributed by atoms with Crippen LogP contribution in [0.25, 0.3) is 22.3 Å². The predicted octanol–water partition coefficient (Wildman–Crippen LogP) is 4.68. The predicted molar refractivity (Wildman–Crippen MR) is 174 cm³/mol. The van der Waals surface area contributed by atoms with Crippen molar-refractivity contribution in [2.75, 3.05) is 12.4 Å². The first kappa shape index (κ1) is 32.7. The Morgan fingerprint density at radius 3 is 2.43 bits per heavy atom. The normalized spacial score (nSPS) is 12.1. The van der Waals surface area contributed by atoms with Gasteiger partial charge in [0.2, 0.25) is 17.6 Å². The molecule has 0 aliphatic heterocycles. The van der Waals surface area contributed by atoms with Crippen molar-refractivity contribution in [2.24, 2.45) is 5.92 Å². The highest BCUT2D eigenvalue weighted by Gasteiger charge is 2.34. The minimum Gasteiger partial charge on any atom is -0.453 e. The summed E-state index contributed by atoms with van der Waals surface area (Å²) in [7, 11) is 1.17. The van der Waals surface area contributed by atoms with Gasteiger partial charge in [-0.1, -0.05) is 62.4 Å². The topological polar surface area (TPSA) is 171 Å². The van der Waals surface area contributed by atoms with Crippen LogP contribution in [0.4, 0.5) is 10.5 Å². The van der Waals surface area contributed by atoms with E-state index in [9.17, 15) is 19.2 Å². The van der Waals surface area contributed by atoms with Crippen molar-refractivity contribution < 1.29 is 23.5 Å². The Labute approximate surface area is 270 Å². The summed E-state index contributed by atoms with van der Waals surface area (Å²) in [5.74, 6) is -1.44. The van der Waals surface area contributed by atoms with E-state index in [4.69, 9.17) is 4.42 Å². The fourth-order valence-corrected chi connectivity index (χ4v) is 5.05. The molecule has 1 unspecified atom stereocenters. The molecule has 2 amide bonds. The number of anilines is 1. The molecule has 3 heterocycles. The molecule has 13 nitrogen and oxygen atoms in total. The number of aryl methyl sites for hydroxylation is 1. The van der Waals surface area contributed by atoms with Gasteiger partial charge in [0.15, 0.2) is 0 Å². The van der Waals surface area contributed by atoms with Crippen molar-refractivity contribution in [2.45, 2.75) is 52.6 Å². The van der Waals surface area contributed by atoms with Crippen molar-refractivity contribution in [1.29, 1.82) is 0 Å². The molecule has 5 rings (SSSR count). The lowest BCUT2D eigenvalue weighted by Gasteiger charge is -2.22. The van der Waals surface area contributed by atoms with Crippen LogP contribution in [-0.4, -0.2) is 55.7 Å². The van der Waals surface area contributed by atoms with Gasteiger partial charge in [-0.2, -0.15) is 0 Å². The lowest BCUT2D eigenvalue weighted by Crippen LogP contribution is -2.47. The molecule has 0 bridgehead atoms. The van der Waals surface area contributed by atoms with Crippen LogP contribution < -0.4 is 16.2 Å². The molecule has 0 radical (unpaired) electrons. The van der Waals surface area contributed by atoms with Gasteiger partial charge in [-0.25, -0.2) is 9.78 Å². The zero-order valence-electron chi connectivity index (χ0n) is 26.9. The number of benzene rings is 2. The standard InChI is InChI=1S/C34H35N7O6/c1-19(2)26(28(43)30-39-40-32(47-30)34(4,5)23-16-22-14-10-11-15-24(22)35-17-23)37-25(42)18-41-29(21-12-8-7-9-13-21)36-20(3)27(31(41)44)38-33(45)46-6/h7-17,19,26H,18H2,1-6H3,(H,37,42)(H,38,45). The second kappa shape index (κ2) is 13.3. The van der Waals surface area contributed by atoms with Crippen molar-refractivity contribution in [3.05, 3.63) is 100 Å². The Bertz CT molecular complexity index is 2020. The molecule has 2 aromatic carbocycles. The Morgan fingerprint density at radius 1 is 1.02 bits per heavy atom. The van der Waals surface area contributed by atoms with Gasteiger partial charge in [-0.15, -0.1) is 10.2 Å². The summed E-state index contributed by atoms with van der Waals surface area (Å²) in [5.41, 5.74) is 0.895. The highest BCUT2D eigenvalue weighted by atomic mass is 16.5. The summed E-state index contributed by atoms with van der Waals surface area (Å²) in [5, 5.41) is 14.3. The molecule has 0 saturated carbocycles. The number of fused-ring (bicyclic) bond motifs is 1. The average Bonchev–Trinajstić information content (AvgIpc) is 3.58. The van der Waals surface area contributed by atoms with Crippen LogP contribution in [0.5, 0.6) is 0 Å². The Hall–Kier alpha value is -5.72. The lowest BCUT2D eigenvalue weighted by molar-refractivity contribution is -0.122. The first-order chi connectivity index (χ1) is 22.4. The number of nitrogens with zero attached hydrogens (tertiary/aromatic N) is 5. The number of hydrogen-bond donors (Lipinski definition) is 2. The van der Waals surface area contributed by atoms with E-state index in [-0.39, 0.29) is 34.9 Å². The molecule has 13 heteroatoms. The molecule has 5 aromatic rings. The van der Waals surface area contributed by atoms with Gasteiger partial charge in [-0.3, -0.25) is 29.3 Å². The number of carbonyl (C=O) groups excluding carboxylic acids is 3. The number of ketones is 1. The van der Waals surface area contributed by atoms with Gasteiger partial charge < -0.3 is 14.5 Å². The maximum absolute atomic E-state index is 13.7. The third kappa shape index (κ3) is 6.78. The van der Waals surface area contributed by atoms with Crippen LogP contribution >= 0.6 is 0 Å². The summed E-state index contributed by atoms with van der Waals surface area (Å²) in [6.07, 6.45) is 0.878. The number of pyridine rings is 1. The second-order valence-corrected chi connectivity index (χ2v) is 11.9. The van der Waals surface area contributed by atoms with Gasteiger partial charge >= 0.3 is 6.09 Å². The first-order valence-electron chi connectivity index (χ1n) is 14.9. The van der Waals surface area contributed by atoms with Crippen molar-refractivity contribution in [3.63, 3.8) is 0 Å². The van der Waals surface area contributed by atoms with Crippen molar-refractivity contribution in [3.8, 4) is 11.4 Å². The van der Waals surface area contributed by atoms with Gasteiger partial charge in [0.05, 0.1) is 29.8 Å². The van der Waals surface area contributed by atoms with Gasteiger partial charge in [0.25, 0.3) is 11.4 Å². The van der Waals surface area contributed by atoms with Crippen LogP contribution in [0.3, 0.4) is 0 Å². The van der Waals surface area contributed by atoms with Crippen LogP contribution in [0, 0.1) is 12.8 Å². The summed E-state index contributed by atoms with van der Waals surface area (Å²) in [6, 6.07) is 17.5. The van der Waals surface area contributed by atoms with Crippen LogP contribution in [0.2, 0.25) is 0 Å². The van der Waals surface area contributed by atoms with E-state index in [2.05, 4.69) is 35.5 Å². The number of amides is 2. The number of ether oxygens (including phenoxy) is 1. The molecule has 3 aromatic heterocycles. The molecule has 0 aliphatic carbocycles. The fraction of sp³-hybridized carbons (Fsp3) is 0.294. The van der Waals surface area contributed by atoms with E-state index < -0.39 is 41.3 Å². The number of methoxy groups -OCH3 is 1. The Kier molecular flexibility index (Phi) is 9.27. The number of hydrogen-bond acceptors (Lipinski definition) is 10. The molecule has 47 heavy (non-hydrogen) atoms. The number of aromatic nitrogens is 5. The molecule has 2 N–H and O–H groups in total. The minimum absolute atomic E-state index is 0.136. The van der Waals surface area contributed by atoms with E-state index in [1.807, 2.05) is 44.2 Å². The number of Topliss-reactive ketones (excluding diaryl/α,β-unsaturated/α-hetero) is 1. The summed E-state index contributed by atoms with van der Waals surface area (Å²) in [6.45, 7) is 8.37. The fourth-order valence-electron chi connectivity index (χ4n) is 5.05. The van der Waals surface area contributed by atoms with Crippen LogP contribution in [0.1, 0.15) is 55.5 Å². The van der Waals surface area contributed by atoms with Gasteiger partial charge in [0, 0.05) is 17.1 Å². The SMILES string of the molecule is COC(=O)Nc1c(C)nc(-c2ccccc2)n(CC(=O)NC(C(=O)c2nnc(C(C)(C)c3cnc4ccccc4c3)o2)C(C)C)c1=O. The average molecular weight is 638 g/mol. The minimum atomic E-state index is -1.05. The molecule has 0 saturated heterocycles. The second-order valence-electron chi connectivity index (χ2n) is 11.9. The molecule has 0 fully saturated rings. The van der Waals surface area contributed by atoms with E-state index in [0.717, 1.165) is 21.0 Å². The monoisotopic (exact) mass is 637 g/mol. The zero-order valence-corrected chi connectivity index (χ0v) is 26.9. The highest BCUT2D eigenvalue weighted by molar-refractivity contribution is 5.98. The zero-order chi connectivity index (χ0) is 33.9. The molecule has 242 valence electrons. The van der Waals surface area contributed by atoms with Crippen LogP contribution in [0.15, 0.2) is 76.1 Å². The van der Waals surface area contributed by atoms with Crippen molar-refractivity contribution >= 4 is 34.4 Å². The summed E-state index contributed by atoms with van der Waals surface area (Å²) < 4.78 is 11.7. The van der Waals surface area contributed by atoms with Crippen LogP contribution in [-0.2, 0) is 21.5 Å². The summed E-state index contributed by atoms with van der Waals surface area (Å²) in [4.78, 5) is 61.8. The largest absolute Gasteiger partial charge is 0.453 e. The van der Waals surface area contributed by atoms with Crippen molar-refractivity contribution in [1.82, 2.24) is 30.0 Å². The Balaban J connectivity index is 1.41.